The molecular weight excluding hydrogens is 402 g/mol. The maximum absolute atomic E-state index is 11.9. The Balaban J connectivity index is 1.60. The maximum atomic E-state index is 11.9. The zero-order valence-electron chi connectivity index (χ0n) is 18.1. The normalized spacial score (nSPS) is 10.7. The molecule has 32 heavy (non-hydrogen) atoms. The predicted molar refractivity (Wildman–Crippen MR) is 127 cm³/mol. The molecule has 1 N–H and O–H groups in total. The summed E-state index contributed by atoms with van der Waals surface area (Å²) in [6, 6.07) is 28.3. The van der Waals surface area contributed by atoms with E-state index in [2.05, 4.69) is 44.4 Å². The minimum atomic E-state index is -0.259. The fourth-order valence-corrected chi connectivity index (χ4v) is 3.20. The van der Waals surface area contributed by atoms with Gasteiger partial charge in [0.2, 0.25) is 5.91 Å². The Labute approximate surface area is 188 Å². The number of para-hydroxylation sites is 2. The summed E-state index contributed by atoms with van der Waals surface area (Å²) in [6.45, 7) is 0. The molecule has 3 aromatic rings. The van der Waals surface area contributed by atoms with E-state index in [9.17, 15) is 9.59 Å². The van der Waals surface area contributed by atoms with Crippen LogP contribution in [0.15, 0.2) is 90.0 Å². The first kappa shape index (κ1) is 22.7. The third-order valence-corrected chi connectivity index (χ3v) is 4.85. The van der Waals surface area contributed by atoms with Gasteiger partial charge in [-0.2, -0.15) is 5.10 Å². The van der Waals surface area contributed by atoms with Crippen molar-refractivity contribution in [3.63, 3.8) is 0 Å². The average molecular weight is 430 g/mol. The van der Waals surface area contributed by atoms with Crippen LogP contribution in [-0.4, -0.2) is 25.2 Å². The van der Waals surface area contributed by atoms with Crippen LogP contribution < -0.4 is 10.3 Å². The number of unbranched alkanes of at least 4 members (excludes halogenated alkanes) is 1. The van der Waals surface area contributed by atoms with Gasteiger partial charge in [0.1, 0.15) is 0 Å². The minimum Gasteiger partial charge on any atom is -0.469 e. The number of benzene rings is 3. The SMILES string of the molecule is COC(=O)CCCCC(=O)N/N=C/c1ccc(N(c2ccccc2)c2ccccc2)cc1. The van der Waals surface area contributed by atoms with Crippen LogP contribution in [0.5, 0.6) is 0 Å². The molecule has 3 rings (SSSR count). The lowest BCUT2D eigenvalue weighted by Crippen LogP contribution is -2.17. The van der Waals surface area contributed by atoms with Gasteiger partial charge in [-0.1, -0.05) is 48.5 Å². The van der Waals surface area contributed by atoms with Gasteiger partial charge in [0, 0.05) is 29.9 Å². The standard InChI is InChI=1S/C26H27N3O3/c1-32-26(31)15-9-8-14-25(30)28-27-20-21-16-18-24(19-17-21)29(22-10-4-2-5-11-22)23-12-6-3-7-13-23/h2-7,10-13,16-20H,8-9,14-15H2,1H3,(H,28,30)/b27-20+. The molecule has 1 amide bonds. The highest BCUT2D eigenvalue weighted by Gasteiger charge is 2.11. The number of carbonyl (C=O) groups excluding carboxylic acids is 2. The number of hydrogen-bond donors (Lipinski definition) is 1. The number of hydrazone groups is 1. The Kier molecular flexibility index (Phi) is 8.57. The molecule has 0 saturated heterocycles. The van der Waals surface area contributed by atoms with E-state index in [1.807, 2.05) is 60.7 Å². The molecule has 0 aliphatic heterocycles. The van der Waals surface area contributed by atoms with Gasteiger partial charge < -0.3 is 9.64 Å². The molecule has 0 bridgehead atoms. The number of nitrogens with zero attached hydrogens (tertiary/aromatic N) is 2. The second-order valence-electron chi connectivity index (χ2n) is 7.17. The van der Waals surface area contributed by atoms with Gasteiger partial charge in [-0.15, -0.1) is 0 Å². The predicted octanol–water partition coefficient (Wildman–Crippen LogP) is 5.34. The fourth-order valence-electron chi connectivity index (χ4n) is 3.20. The van der Waals surface area contributed by atoms with Crippen molar-refractivity contribution in [2.45, 2.75) is 25.7 Å². The van der Waals surface area contributed by atoms with Crippen molar-refractivity contribution >= 4 is 35.2 Å². The van der Waals surface area contributed by atoms with Crippen LogP contribution in [0.1, 0.15) is 31.2 Å². The van der Waals surface area contributed by atoms with Crippen LogP contribution in [0, 0.1) is 0 Å². The van der Waals surface area contributed by atoms with Gasteiger partial charge in [0.25, 0.3) is 0 Å². The van der Waals surface area contributed by atoms with E-state index in [4.69, 9.17) is 0 Å². The second kappa shape index (κ2) is 12.1. The Hall–Kier alpha value is -3.93. The molecule has 0 heterocycles. The van der Waals surface area contributed by atoms with Crippen LogP contribution in [0.25, 0.3) is 0 Å². The van der Waals surface area contributed by atoms with E-state index in [1.54, 1.807) is 6.21 Å². The molecule has 0 spiro atoms. The molecule has 3 aromatic carbocycles. The van der Waals surface area contributed by atoms with Gasteiger partial charge in [0.15, 0.2) is 0 Å². The number of nitrogens with one attached hydrogen (secondary N) is 1. The average Bonchev–Trinajstić information content (AvgIpc) is 2.84. The number of methoxy groups -OCH3 is 1. The largest absolute Gasteiger partial charge is 0.469 e. The summed E-state index contributed by atoms with van der Waals surface area (Å²) in [4.78, 5) is 25.1. The van der Waals surface area contributed by atoms with Crippen LogP contribution in [0.4, 0.5) is 17.1 Å². The van der Waals surface area contributed by atoms with Crippen molar-refractivity contribution in [1.82, 2.24) is 5.43 Å². The Morgan fingerprint density at radius 3 is 1.91 bits per heavy atom. The molecule has 0 aromatic heterocycles. The van der Waals surface area contributed by atoms with Crippen molar-refractivity contribution in [2.75, 3.05) is 12.0 Å². The van der Waals surface area contributed by atoms with Crippen molar-refractivity contribution in [3.8, 4) is 0 Å². The zero-order chi connectivity index (χ0) is 22.6. The topological polar surface area (TPSA) is 71.0 Å². The summed E-state index contributed by atoms with van der Waals surface area (Å²) >= 11 is 0. The smallest absolute Gasteiger partial charge is 0.305 e. The van der Waals surface area contributed by atoms with Crippen molar-refractivity contribution in [1.29, 1.82) is 0 Å². The van der Waals surface area contributed by atoms with Gasteiger partial charge >= 0.3 is 5.97 Å². The summed E-state index contributed by atoms with van der Waals surface area (Å²) in [5, 5.41) is 4.03. The maximum Gasteiger partial charge on any atom is 0.305 e. The van der Waals surface area contributed by atoms with E-state index in [-0.39, 0.29) is 11.9 Å². The number of anilines is 3. The molecule has 0 atom stereocenters. The Morgan fingerprint density at radius 2 is 1.34 bits per heavy atom. The summed E-state index contributed by atoms with van der Waals surface area (Å²) in [6.07, 6.45) is 3.48. The number of hydrogen-bond acceptors (Lipinski definition) is 5. The number of carbonyl (C=O) groups is 2. The minimum absolute atomic E-state index is 0.179. The molecule has 0 radical (unpaired) electrons. The lowest BCUT2D eigenvalue weighted by Gasteiger charge is -2.25. The third kappa shape index (κ3) is 6.80. The Bertz CT molecular complexity index is 980. The highest BCUT2D eigenvalue weighted by molar-refractivity contribution is 5.84. The summed E-state index contributed by atoms with van der Waals surface area (Å²) in [5.41, 5.74) is 6.56. The first-order valence-corrected chi connectivity index (χ1v) is 10.6. The third-order valence-electron chi connectivity index (χ3n) is 4.85. The van der Waals surface area contributed by atoms with E-state index in [1.165, 1.54) is 7.11 Å². The van der Waals surface area contributed by atoms with E-state index < -0.39 is 0 Å². The van der Waals surface area contributed by atoms with Crippen LogP contribution in [0.3, 0.4) is 0 Å². The monoisotopic (exact) mass is 429 g/mol. The van der Waals surface area contributed by atoms with E-state index in [0.29, 0.717) is 25.7 Å². The fraction of sp³-hybridized carbons (Fsp3) is 0.192. The molecule has 0 fully saturated rings. The van der Waals surface area contributed by atoms with Crippen molar-refractivity contribution in [3.05, 3.63) is 90.5 Å². The van der Waals surface area contributed by atoms with Gasteiger partial charge in [-0.25, -0.2) is 5.43 Å². The van der Waals surface area contributed by atoms with Crippen LogP contribution in [-0.2, 0) is 14.3 Å². The highest BCUT2D eigenvalue weighted by Crippen LogP contribution is 2.33. The van der Waals surface area contributed by atoms with Crippen LogP contribution in [0.2, 0.25) is 0 Å². The molecule has 6 heteroatoms. The molecule has 0 saturated carbocycles. The first-order valence-electron chi connectivity index (χ1n) is 10.6. The van der Waals surface area contributed by atoms with Crippen molar-refractivity contribution < 1.29 is 14.3 Å². The zero-order valence-corrected chi connectivity index (χ0v) is 18.1. The second-order valence-corrected chi connectivity index (χ2v) is 7.17. The number of esters is 1. The van der Waals surface area contributed by atoms with Crippen molar-refractivity contribution in [2.24, 2.45) is 5.10 Å². The molecule has 6 nitrogen and oxygen atoms in total. The lowest BCUT2D eigenvalue weighted by atomic mass is 10.1. The number of rotatable bonds is 10. The van der Waals surface area contributed by atoms with E-state index >= 15 is 0 Å². The summed E-state index contributed by atoms with van der Waals surface area (Å²) < 4.78 is 4.58. The summed E-state index contributed by atoms with van der Waals surface area (Å²) in [5.74, 6) is -0.438. The Morgan fingerprint density at radius 1 is 0.812 bits per heavy atom. The quantitative estimate of drug-likeness (QED) is 0.204. The van der Waals surface area contributed by atoms with Gasteiger partial charge in [-0.3, -0.25) is 9.59 Å². The molecule has 0 aliphatic rings. The molecular formula is C26H27N3O3. The molecule has 0 unspecified atom stereocenters. The summed E-state index contributed by atoms with van der Waals surface area (Å²) in [7, 11) is 1.36. The van der Waals surface area contributed by atoms with Gasteiger partial charge in [0.05, 0.1) is 13.3 Å². The van der Waals surface area contributed by atoms with Gasteiger partial charge in [-0.05, 0) is 54.8 Å². The molecule has 0 aliphatic carbocycles. The first-order chi connectivity index (χ1) is 15.7. The number of ether oxygens (including phenoxy) is 1. The number of amides is 1. The van der Waals surface area contributed by atoms with E-state index in [0.717, 1.165) is 22.6 Å². The highest BCUT2D eigenvalue weighted by atomic mass is 16.5. The lowest BCUT2D eigenvalue weighted by molar-refractivity contribution is -0.140. The molecule has 164 valence electrons. The van der Waals surface area contributed by atoms with Crippen LogP contribution >= 0.6 is 0 Å².